The van der Waals surface area contributed by atoms with Crippen LogP contribution in [0, 0.1) is 25.5 Å². The van der Waals surface area contributed by atoms with Gasteiger partial charge in [-0.2, -0.15) is 0 Å². The molecule has 0 spiro atoms. The molecule has 2 N–H and O–H groups in total. The highest BCUT2D eigenvalue weighted by molar-refractivity contribution is 5.77. The Morgan fingerprint density at radius 2 is 1.82 bits per heavy atom. The fraction of sp³-hybridized carbons (Fsp3) is 0.409. The van der Waals surface area contributed by atoms with E-state index in [4.69, 9.17) is 0 Å². The molecule has 0 unspecified atom stereocenters. The number of nitrogens with two attached hydrogens (primary N) is 1. The van der Waals surface area contributed by atoms with Crippen molar-refractivity contribution in [3.05, 3.63) is 64.7 Å². The summed E-state index contributed by atoms with van der Waals surface area (Å²) in [5.74, 6) is -1.11. The minimum absolute atomic E-state index is 0.0509. The second kappa shape index (κ2) is 8.69. The number of piperazine rings is 1. The fourth-order valence-corrected chi connectivity index (χ4v) is 3.68. The van der Waals surface area contributed by atoms with E-state index in [-0.39, 0.29) is 18.5 Å². The highest BCUT2D eigenvalue weighted by Gasteiger charge is 2.24. The van der Waals surface area contributed by atoms with E-state index in [0.29, 0.717) is 18.7 Å². The highest BCUT2D eigenvalue weighted by Crippen LogP contribution is 2.23. The Bertz CT molecular complexity index is 848. The zero-order chi connectivity index (χ0) is 20.3. The predicted octanol–water partition coefficient (Wildman–Crippen LogP) is 2.55. The van der Waals surface area contributed by atoms with E-state index in [1.807, 2.05) is 11.8 Å². The maximum atomic E-state index is 13.9. The van der Waals surface area contributed by atoms with Crippen LogP contribution in [0.3, 0.4) is 0 Å². The van der Waals surface area contributed by atoms with E-state index in [2.05, 4.69) is 36.9 Å². The van der Waals surface area contributed by atoms with Crippen molar-refractivity contribution in [2.24, 2.45) is 0 Å². The van der Waals surface area contributed by atoms with Crippen LogP contribution in [0.5, 0.6) is 0 Å². The van der Waals surface area contributed by atoms with E-state index in [0.717, 1.165) is 19.2 Å². The molecular formula is C22H28F2N3O+. The van der Waals surface area contributed by atoms with Gasteiger partial charge in [-0.15, -0.1) is 0 Å². The first kappa shape index (κ1) is 20.3. The van der Waals surface area contributed by atoms with Gasteiger partial charge in [0.25, 0.3) is 5.91 Å². The fourth-order valence-electron chi connectivity index (χ4n) is 3.68. The van der Waals surface area contributed by atoms with Gasteiger partial charge in [-0.3, -0.25) is 4.79 Å². The standard InChI is InChI=1S/C22H27F2N3O/c1-15-5-4-6-21(16(15)2)26-9-11-27(12-10-26)22(28)14-25-17(3)19-8-7-18(23)13-20(19)24/h4-8,13,17,25H,9-12,14H2,1-3H3/p+1/t17-/m0/s1. The topological polar surface area (TPSA) is 40.2 Å². The molecule has 1 saturated heterocycles. The summed E-state index contributed by atoms with van der Waals surface area (Å²) in [7, 11) is 0. The number of benzene rings is 2. The van der Waals surface area contributed by atoms with E-state index in [9.17, 15) is 13.6 Å². The normalized spacial score (nSPS) is 15.6. The first-order valence-corrected chi connectivity index (χ1v) is 9.74. The van der Waals surface area contributed by atoms with Gasteiger partial charge in [0.15, 0.2) is 6.54 Å². The average Bonchev–Trinajstić information content (AvgIpc) is 2.68. The summed E-state index contributed by atoms with van der Waals surface area (Å²) >= 11 is 0. The molecule has 3 rings (SSSR count). The second-order valence-electron chi connectivity index (χ2n) is 7.48. The van der Waals surface area contributed by atoms with Crippen LogP contribution in [0.1, 0.15) is 29.7 Å². The number of carbonyl (C=O) groups is 1. The molecule has 0 radical (unpaired) electrons. The van der Waals surface area contributed by atoms with Gasteiger partial charge in [-0.1, -0.05) is 12.1 Å². The Kier molecular flexibility index (Phi) is 6.29. The summed E-state index contributed by atoms with van der Waals surface area (Å²) < 4.78 is 26.9. The van der Waals surface area contributed by atoms with Gasteiger partial charge in [0, 0.05) is 43.5 Å². The van der Waals surface area contributed by atoms with Crippen molar-refractivity contribution in [2.75, 3.05) is 37.6 Å². The largest absolute Gasteiger partial charge is 0.368 e. The minimum Gasteiger partial charge on any atom is -0.368 e. The van der Waals surface area contributed by atoms with Crippen molar-refractivity contribution in [3.63, 3.8) is 0 Å². The van der Waals surface area contributed by atoms with Gasteiger partial charge in [0.1, 0.15) is 17.7 Å². The number of nitrogens with zero attached hydrogens (tertiary/aromatic N) is 2. The monoisotopic (exact) mass is 388 g/mol. The zero-order valence-electron chi connectivity index (χ0n) is 16.7. The smallest absolute Gasteiger partial charge is 0.277 e. The maximum Gasteiger partial charge on any atom is 0.277 e. The molecule has 2 aromatic carbocycles. The molecule has 28 heavy (non-hydrogen) atoms. The third-order valence-electron chi connectivity index (χ3n) is 5.65. The molecule has 150 valence electrons. The molecule has 0 aromatic heterocycles. The zero-order valence-corrected chi connectivity index (χ0v) is 16.7. The lowest BCUT2D eigenvalue weighted by molar-refractivity contribution is -0.683. The number of hydrogen-bond donors (Lipinski definition) is 1. The van der Waals surface area contributed by atoms with E-state index < -0.39 is 11.6 Å². The average molecular weight is 388 g/mol. The van der Waals surface area contributed by atoms with Crippen LogP contribution in [0.4, 0.5) is 14.5 Å². The molecule has 4 nitrogen and oxygen atoms in total. The van der Waals surface area contributed by atoms with Crippen molar-refractivity contribution >= 4 is 11.6 Å². The summed E-state index contributed by atoms with van der Waals surface area (Å²) in [5, 5.41) is 1.80. The Morgan fingerprint density at radius 1 is 1.11 bits per heavy atom. The molecular weight excluding hydrogens is 360 g/mol. The number of hydrogen-bond acceptors (Lipinski definition) is 2. The quantitative estimate of drug-likeness (QED) is 0.855. The van der Waals surface area contributed by atoms with E-state index in [1.54, 1.807) is 5.32 Å². The van der Waals surface area contributed by atoms with Gasteiger partial charge >= 0.3 is 0 Å². The number of amides is 1. The Balaban J connectivity index is 1.52. The summed E-state index contributed by atoms with van der Waals surface area (Å²) in [5.41, 5.74) is 4.20. The van der Waals surface area contributed by atoms with Gasteiger partial charge in [0.05, 0.1) is 0 Å². The van der Waals surface area contributed by atoms with Gasteiger partial charge in [-0.25, -0.2) is 8.78 Å². The molecule has 1 atom stereocenters. The lowest BCUT2D eigenvalue weighted by Crippen LogP contribution is -2.87. The summed E-state index contributed by atoms with van der Waals surface area (Å²) in [6.07, 6.45) is 0. The second-order valence-corrected chi connectivity index (χ2v) is 7.48. The van der Waals surface area contributed by atoms with Crippen LogP contribution < -0.4 is 10.2 Å². The molecule has 0 aliphatic carbocycles. The summed E-state index contributed by atoms with van der Waals surface area (Å²) in [4.78, 5) is 16.8. The molecule has 6 heteroatoms. The van der Waals surface area contributed by atoms with Crippen LogP contribution in [0.15, 0.2) is 36.4 Å². The van der Waals surface area contributed by atoms with E-state index in [1.165, 1.54) is 28.9 Å². The third kappa shape index (κ3) is 4.50. The van der Waals surface area contributed by atoms with E-state index >= 15 is 0 Å². The number of halogens is 2. The molecule has 0 bridgehead atoms. The molecule has 1 heterocycles. The predicted molar refractivity (Wildman–Crippen MR) is 106 cm³/mol. The SMILES string of the molecule is Cc1cccc(N2CCN(C(=O)C[NH2+][C@@H](C)c3ccc(F)cc3F)CC2)c1C. The number of carbonyl (C=O) groups excluding carboxylic acids is 1. The number of rotatable bonds is 5. The Morgan fingerprint density at radius 3 is 2.50 bits per heavy atom. The molecule has 1 amide bonds. The van der Waals surface area contributed by atoms with Crippen LogP contribution in [-0.2, 0) is 4.79 Å². The van der Waals surface area contributed by atoms with Crippen LogP contribution in [-0.4, -0.2) is 43.5 Å². The Labute approximate surface area is 165 Å². The van der Waals surface area contributed by atoms with Crippen molar-refractivity contribution < 1.29 is 18.9 Å². The van der Waals surface area contributed by atoms with Crippen molar-refractivity contribution in [1.82, 2.24) is 4.90 Å². The Hall–Kier alpha value is -2.47. The minimum atomic E-state index is -0.591. The third-order valence-corrected chi connectivity index (χ3v) is 5.65. The summed E-state index contributed by atoms with van der Waals surface area (Å²) in [6, 6.07) is 9.64. The summed E-state index contributed by atoms with van der Waals surface area (Å²) in [6.45, 7) is 9.28. The first-order valence-electron chi connectivity index (χ1n) is 9.74. The maximum absolute atomic E-state index is 13.9. The van der Waals surface area contributed by atoms with Crippen molar-refractivity contribution in [2.45, 2.75) is 26.8 Å². The molecule has 1 fully saturated rings. The molecule has 0 saturated carbocycles. The van der Waals surface area contributed by atoms with Crippen LogP contribution in [0.2, 0.25) is 0 Å². The van der Waals surface area contributed by atoms with Crippen molar-refractivity contribution in [1.29, 1.82) is 0 Å². The number of aryl methyl sites for hydroxylation is 1. The first-order chi connectivity index (χ1) is 13.4. The van der Waals surface area contributed by atoms with Gasteiger partial charge < -0.3 is 15.1 Å². The van der Waals surface area contributed by atoms with Crippen molar-refractivity contribution in [3.8, 4) is 0 Å². The molecule has 1 aliphatic heterocycles. The highest BCUT2D eigenvalue weighted by atomic mass is 19.1. The lowest BCUT2D eigenvalue weighted by atomic mass is 10.1. The van der Waals surface area contributed by atoms with Gasteiger partial charge in [0.2, 0.25) is 0 Å². The van der Waals surface area contributed by atoms with Crippen LogP contribution >= 0.6 is 0 Å². The molecule has 1 aliphatic rings. The number of anilines is 1. The van der Waals surface area contributed by atoms with Gasteiger partial charge in [-0.05, 0) is 50.1 Å². The molecule has 2 aromatic rings. The number of quaternary nitrogens is 1. The van der Waals surface area contributed by atoms with Crippen LogP contribution in [0.25, 0.3) is 0 Å². The lowest BCUT2D eigenvalue weighted by Gasteiger charge is -2.36.